The lowest BCUT2D eigenvalue weighted by molar-refractivity contribution is 0.146. The fraction of sp³-hybridized carbons (Fsp3) is 0.360. The summed E-state index contributed by atoms with van der Waals surface area (Å²) in [7, 11) is -2.55. The summed E-state index contributed by atoms with van der Waals surface area (Å²) in [6.07, 6.45) is 0.843. The smallest absolute Gasteiger partial charge is 0.225 e. The number of methoxy groups -OCH3 is 1. The van der Waals surface area contributed by atoms with Crippen molar-refractivity contribution in [1.82, 2.24) is 34.3 Å². The Hall–Kier alpha value is -4.16. The zero-order valence-corrected chi connectivity index (χ0v) is 19.2. The number of aromatic nitrogens is 6. The minimum atomic E-state index is -3.44. The van der Waals surface area contributed by atoms with Gasteiger partial charge in [0.15, 0.2) is 17.1 Å². The molecule has 5 heterocycles. The third-order valence-corrected chi connectivity index (χ3v) is 5.46. The first-order chi connectivity index (χ1) is 22.7. The molecule has 0 aliphatic carbocycles. The molecule has 1 fully saturated rings. The Morgan fingerprint density at radius 2 is 2.00 bits per heavy atom. The monoisotopic (exact) mass is 515 g/mol. The van der Waals surface area contributed by atoms with Crippen LogP contribution in [0.2, 0.25) is 0 Å². The SMILES string of the molecule is [2H]c1nn(C([2H])([2H])C([2H])([2H])N2C([2H])([2H])CN(c3ccc(OCCOC([2H])([2H])[2H])cc3)CC2([2H])[2H])c2nc(N)n3nc(-c4ccco4)nc3c12. The molecule has 0 atom stereocenters. The van der Waals surface area contributed by atoms with Crippen molar-refractivity contribution in [3.8, 4) is 17.3 Å². The molecule has 0 bridgehead atoms. The highest BCUT2D eigenvalue weighted by atomic mass is 16.5. The number of furan rings is 1. The molecule has 12 heteroatoms. The average molecular weight is 516 g/mol. The highest BCUT2D eigenvalue weighted by molar-refractivity contribution is 5.90. The molecule has 1 aliphatic rings. The number of ether oxygens (including phenoxy) is 2. The molecule has 0 spiro atoms. The van der Waals surface area contributed by atoms with E-state index in [0.29, 0.717) is 16.1 Å². The van der Waals surface area contributed by atoms with E-state index < -0.39 is 57.9 Å². The van der Waals surface area contributed by atoms with Crippen LogP contribution in [-0.4, -0.2) is 87.1 Å². The van der Waals surface area contributed by atoms with Crippen LogP contribution >= 0.6 is 0 Å². The number of rotatable bonds is 9. The Morgan fingerprint density at radius 3 is 2.78 bits per heavy atom. The van der Waals surface area contributed by atoms with Gasteiger partial charge in [0.25, 0.3) is 0 Å². The molecular weight excluding hydrogens is 474 g/mol. The zero-order chi connectivity index (χ0) is 35.7. The molecule has 1 saturated heterocycles. The third kappa shape index (κ3) is 4.68. The maximum atomic E-state index is 8.92. The van der Waals surface area contributed by atoms with Crippen LogP contribution in [-0.2, 0) is 11.2 Å². The summed E-state index contributed by atoms with van der Waals surface area (Å²) >= 11 is 0. The number of benzene rings is 1. The molecule has 5 aromatic rings. The van der Waals surface area contributed by atoms with Gasteiger partial charge >= 0.3 is 0 Å². The molecule has 1 aliphatic heterocycles. The van der Waals surface area contributed by atoms with E-state index in [9.17, 15) is 0 Å². The molecule has 0 unspecified atom stereocenters. The Kier molecular flexibility index (Phi) is 3.65. The number of nitrogen functional groups attached to an aromatic ring is 1. The normalized spacial score (nSPS) is 23.3. The van der Waals surface area contributed by atoms with Crippen molar-refractivity contribution in [3.05, 3.63) is 48.8 Å². The van der Waals surface area contributed by atoms with E-state index in [1.54, 1.807) is 12.1 Å². The van der Waals surface area contributed by atoms with E-state index in [1.807, 2.05) is 0 Å². The lowest BCUT2D eigenvalue weighted by Gasteiger charge is -2.36. The molecule has 4 aromatic heterocycles. The van der Waals surface area contributed by atoms with E-state index in [2.05, 4.69) is 24.9 Å². The van der Waals surface area contributed by atoms with Crippen molar-refractivity contribution in [2.24, 2.45) is 0 Å². The maximum Gasteiger partial charge on any atom is 0.225 e. The second-order valence-electron chi connectivity index (χ2n) is 7.76. The second kappa shape index (κ2) is 10.1. The van der Waals surface area contributed by atoms with Crippen LogP contribution in [0, 0.1) is 0 Å². The number of aryl methyl sites for hydroxylation is 1. The molecular formula is C25H29N9O3. The Morgan fingerprint density at radius 1 is 1.14 bits per heavy atom. The Bertz CT molecular complexity index is 1960. The molecule has 2 N–H and O–H groups in total. The molecule has 0 saturated carbocycles. The first-order valence-corrected chi connectivity index (χ1v) is 11.1. The molecule has 192 valence electrons. The van der Waals surface area contributed by atoms with E-state index in [0.717, 1.165) is 4.52 Å². The van der Waals surface area contributed by atoms with Gasteiger partial charge in [-0.15, -0.1) is 5.10 Å². The maximum absolute atomic E-state index is 8.92. The van der Waals surface area contributed by atoms with Gasteiger partial charge < -0.3 is 24.5 Å². The van der Waals surface area contributed by atoms with Gasteiger partial charge in [-0.3, -0.25) is 4.90 Å². The van der Waals surface area contributed by atoms with Gasteiger partial charge in [-0.2, -0.15) is 14.6 Å². The molecule has 0 radical (unpaired) electrons. The van der Waals surface area contributed by atoms with Gasteiger partial charge in [0.1, 0.15) is 12.4 Å². The van der Waals surface area contributed by atoms with Gasteiger partial charge in [0.2, 0.25) is 11.8 Å². The summed E-state index contributed by atoms with van der Waals surface area (Å²) in [6.45, 7) is -13.8. The van der Waals surface area contributed by atoms with E-state index >= 15 is 0 Å². The van der Waals surface area contributed by atoms with E-state index in [1.165, 1.54) is 35.4 Å². The average Bonchev–Trinajstić information content (AvgIpc) is 3.73. The van der Waals surface area contributed by atoms with Crippen molar-refractivity contribution in [1.29, 1.82) is 0 Å². The molecule has 6 rings (SSSR count). The summed E-state index contributed by atoms with van der Waals surface area (Å²) in [5.41, 5.74) is 6.04. The van der Waals surface area contributed by atoms with Crippen molar-refractivity contribution in [3.63, 3.8) is 0 Å². The number of hydrogen-bond donors (Lipinski definition) is 1. The zero-order valence-electron chi connectivity index (χ0n) is 31.2. The quantitative estimate of drug-likeness (QED) is 0.292. The first kappa shape index (κ1) is 13.4. The summed E-state index contributed by atoms with van der Waals surface area (Å²) in [5.74, 6) is 0.402. The first-order valence-electron chi connectivity index (χ1n) is 17.1. The van der Waals surface area contributed by atoms with Gasteiger partial charge in [-0.05, 0) is 36.4 Å². The number of anilines is 2. The lowest BCUT2D eigenvalue weighted by atomic mass is 10.2. The van der Waals surface area contributed by atoms with Crippen LogP contribution in [0.15, 0.2) is 53.3 Å². The fourth-order valence-electron chi connectivity index (χ4n) is 3.67. The van der Waals surface area contributed by atoms with Crippen LogP contribution in [0.1, 0.15) is 16.4 Å². The van der Waals surface area contributed by atoms with Gasteiger partial charge in [-0.1, -0.05) is 0 Å². The van der Waals surface area contributed by atoms with Crippen LogP contribution in [0.4, 0.5) is 11.6 Å². The summed E-state index contributed by atoms with van der Waals surface area (Å²) in [6, 6.07) is 9.29. The fourth-order valence-corrected chi connectivity index (χ4v) is 3.67. The minimum Gasteiger partial charge on any atom is -0.491 e. The van der Waals surface area contributed by atoms with Crippen LogP contribution in [0.5, 0.6) is 5.75 Å². The van der Waals surface area contributed by atoms with Gasteiger partial charge in [0, 0.05) is 53.5 Å². The van der Waals surface area contributed by atoms with Crippen molar-refractivity contribution >= 4 is 28.3 Å². The summed E-state index contributed by atoms with van der Waals surface area (Å²) in [5, 5.41) is 8.01. The van der Waals surface area contributed by atoms with Crippen LogP contribution < -0.4 is 15.4 Å². The highest BCUT2D eigenvalue weighted by Crippen LogP contribution is 2.24. The minimum absolute atomic E-state index is 0.0406. The largest absolute Gasteiger partial charge is 0.491 e. The molecule has 12 nitrogen and oxygen atoms in total. The number of nitrogens with zero attached hydrogens (tertiary/aromatic N) is 8. The third-order valence-electron chi connectivity index (χ3n) is 5.46. The standard InChI is InChI=1S/C25H29N9O3/c1-35-15-16-36-19-6-4-18(5-7-19)32-11-8-31(9-12-32)10-13-33-23-20(17-27-33)24-28-22(21-3-2-14-37-21)30-34(24)25(26)29-23/h2-7,14,17H,8-13,15-16H2,1H3,(H2,26,29)/i1D3,8D2,9D2,10D2,13D2,17D. The predicted octanol–water partition coefficient (Wildman–Crippen LogP) is 2.16. The number of nitrogens with two attached hydrogens (primary N) is 1. The number of hydrogen-bond acceptors (Lipinski definition) is 10. The van der Waals surface area contributed by atoms with Crippen LogP contribution in [0.25, 0.3) is 28.3 Å². The summed E-state index contributed by atoms with van der Waals surface area (Å²) < 4.78 is 117. The van der Waals surface area contributed by atoms with Crippen molar-refractivity contribution in [2.75, 3.05) is 63.5 Å². The van der Waals surface area contributed by atoms with Crippen molar-refractivity contribution < 1.29 is 30.3 Å². The highest BCUT2D eigenvalue weighted by Gasteiger charge is 2.20. The van der Waals surface area contributed by atoms with Crippen LogP contribution in [0.3, 0.4) is 0 Å². The molecule has 37 heavy (non-hydrogen) atoms. The second-order valence-corrected chi connectivity index (χ2v) is 7.76. The Labute approximate surface area is 230 Å². The van der Waals surface area contributed by atoms with Gasteiger partial charge in [-0.25, -0.2) is 9.67 Å². The number of piperazine rings is 1. The summed E-state index contributed by atoms with van der Waals surface area (Å²) in [4.78, 5) is 10.0. The predicted molar refractivity (Wildman–Crippen MR) is 139 cm³/mol. The van der Waals surface area contributed by atoms with E-state index in [4.69, 9.17) is 31.3 Å². The van der Waals surface area contributed by atoms with Gasteiger partial charge in [0.05, 0.1) is 39.2 Å². The van der Waals surface area contributed by atoms with Crippen molar-refractivity contribution in [2.45, 2.75) is 6.50 Å². The number of fused-ring (bicyclic) bond motifs is 3. The van der Waals surface area contributed by atoms with E-state index in [-0.39, 0.29) is 46.7 Å². The molecule has 1 aromatic carbocycles. The Balaban J connectivity index is 1.29. The molecule has 0 amide bonds. The lowest BCUT2D eigenvalue weighted by Crippen LogP contribution is -2.47. The topological polar surface area (TPSA) is 125 Å².